The minimum absolute atomic E-state index is 0.270. The first-order chi connectivity index (χ1) is 14.1. The molecular formula is C22H26N4O3S. The number of aryl methyl sites for hydroxylation is 3. The Morgan fingerprint density at radius 3 is 2.23 bits per heavy atom. The van der Waals surface area contributed by atoms with Gasteiger partial charge in [-0.25, -0.2) is 13.4 Å². The molecule has 1 amide bonds. The van der Waals surface area contributed by atoms with Gasteiger partial charge in [-0.1, -0.05) is 18.2 Å². The molecule has 0 bridgehead atoms. The number of benzene rings is 2. The topological polar surface area (TPSA) is 84.3 Å². The fourth-order valence-electron chi connectivity index (χ4n) is 3.31. The van der Waals surface area contributed by atoms with Gasteiger partial charge in [0.2, 0.25) is 15.9 Å². The van der Waals surface area contributed by atoms with Gasteiger partial charge in [0.05, 0.1) is 11.9 Å². The lowest BCUT2D eigenvalue weighted by atomic mass is 10.1. The van der Waals surface area contributed by atoms with E-state index < -0.39 is 10.0 Å². The van der Waals surface area contributed by atoms with E-state index in [4.69, 9.17) is 0 Å². The maximum atomic E-state index is 12.5. The van der Waals surface area contributed by atoms with Crippen LogP contribution < -0.4 is 9.62 Å². The third-order valence-corrected chi connectivity index (χ3v) is 5.85. The van der Waals surface area contributed by atoms with Gasteiger partial charge in [-0.3, -0.25) is 9.10 Å². The van der Waals surface area contributed by atoms with Crippen molar-refractivity contribution < 1.29 is 13.2 Å². The maximum Gasteiger partial charge on any atom is 0.241 e. The molecule has 0 spiro atoms. The molecule has 8 heteroatoms. The van der Waals surface area contributed by atoms with E-state index in [2.05, 4.69) is 10.3 Å². The van der Waals surface area contributed by atoms with E-state index in [9.17, 15) is 13.2 Å². The number of nitrogens with zero attached hydrogens (tertiary/aromatic N) is 3. The van der Waals surface area contributed by atoms with Crippen LogP contribution in [0.4, 0.5) is 5.69 Å². The second-order valence-electron chi connectivity index (χ2n) is 7.40. The smallest absolute Gasteiger partial charge is 0.241 e. The molecule has 0 radical (unpaired) electrons. The van der Waals surface area contributed by atoms with E-state index in [-0.39, 0.29) is 12.5 Å². The highest BCUT2D eigenvalue weighted by atomic mass is 32.2. The molecule has 158 valence electrons. The Hall–Kier alpha value is -3.13. The van der Waals surface area contributed by atoms with Crippen LogP contribution in [0.2, 0.25) is 0 Å². The summed E-state index contributed by atoms with van der Waals surface area (Å²) in [5.41, 5.74) is 4.27. The standard InChI is InChI=1S/C22H26N4O3S/c1-16-11-17(2)13-21(12-16)26(30(4,28)29)15-22(27)24-14-19-5-7-20(8-6-19)25-10-9-23-18(25)3/h5-13H,14-15H2,1-4H3,(H,24,27). The van der Waals surface area contributed by atoms with Crippen LogP contribution in [0.15, 0.2) is 54.9 Å². The predicted molar refractivity (Wildman–Crippen MR) is 118 cm³/mol. The Labute approximate surface area is 177 Å². The second-order valence-corrected chi connectivity index (χ2v) is 9.31. The van der Waals surface area contributed by atoms with Crippen LogP contribution >= 0.6 is 0 Å². The molecule has 1 aromatic heterocycles. The van der Waals surface area contributed by atoms with Crippen molar-refractivity contribution in [1.82, 2.24) is 14.9 Å². The highest BCUT2D eigenvalue weighted by Crippen LogP contribution is 2.21. The first-order valence-corrected chi connectivity index (χ1v) is 11.4. The fraction of sp³-hybridized carbons (Fsp3) is 0.273. The zero-order valence-corrected chi connectivity index (χ0v) is 18.4. The highest BCUT2D eigenvalue weighted by molar-refractivity contribution is 7.92. The summed E-state index contributed by atoms with van der Waals surface area (Å²) in [5.74, 6) is 0.525. The number of anilines is 1. The molecule has 1 heterocycles. The van der Waals surface area contributed by atoms with E-state index in [0.717, 1.165) is 38.8 Å². The Balaban J connectivity index is 1.67. The Kier molecular flexibility index (Phi) is 6.26. The number of hydrogen-bond donors (Lipinski definition) is 1. The molecule has 0 fully saturated rings. The quantitative estimate of drug-likeness (QED) is 0.630. The average Bonchev–Trinajstić information content (AvgIpc) is 3.09. The van der Waals surface area contributed by atoms with E-state index in [0.29, 0.717) is 12.2 Å². The first kappa shape index (κ1) is 21.6. The summed E-state index contributed by atoms with van der Waals surface area (Å²) in [5, 5.41) is 2.80. The molecule has 3 rings (SSSR count). The van der Waals surface area contributed by atoms with Crippen LogP contribution in [0.25, 0.3) is 5.69 Å². The first-order valence-electron chi connectivity index (χ1n) is 9.55. The molecular weight excluding hydrogens is 400 g/mol. The van der Waals surface area contributed by atoms with Gasteiger partial charge in [0.1, 0.15) is 12.4 Å². The lowest BCUT2D eigenvalue weighted by molar-refractivity contribution is -0.119. The summed E-state index contributed by atoms with van der Waals surface area (Å²) in [7, 11) is -3.60. The van der Waals surface area contributed by atoms with E-state index in [1.54, 1.807) is 18.3 Å². The summed E-state index contributed by atoms with van der Waals surface area (Å²) in [6.07, 6.45) is 4.74. The molecule has 0 atom stereocenters. The summed E-state index contributed by atoms with van der Waals surface area (Å²) < 4.78 is 27.7. The van der Waals surface area contributed by atoms with Crippen molar-refractivity contribution in [1.29, 1.82) is 0 Å². The molecule has 0 saturated carbocycles. The number of rotatable bonds is 7. The van der Waals surface area contributed by atoms with E-state index in [1.165, 1.54) is 0 Å². The zero-order chi connectivity index (χ0) is 21.9. The van der Waals surface area contributed by atoms with Gasteiger partial charge in [0, 0.05) is 24.6 Å². The number of nitrogens with one attached hydrogen (secondary N) is 1. The largest absolute Gasteiger partial charge is 0.350 e. The van der Waals surface area contributed by atoms with Crippen LogP contribution in [0.1, 0.15) is 22.5 Å². The molecule has 0 saturated heterocycles. The Morgan fingerprint density at radius 1 is 1.07 bits per heavy atom. The van der Waals surface area contributed by atoms with Gasteiger partial charge in [0.25, 0.3) is 0 Å². The van der Waals surface area contributed by atoms with Crippen LogP contribution in [-0.4, -0.2) is 36.7 Å². The third kappa shape index (κ3) is 5.27. The summed E-state index contributed by atoms with van der Waals surface area (Å²) in [6, 6.07) is 13.2. The minimum atomic E-state index is -3.60. The number of hydrogen-bond acceptors (Lipinski definition) is 4. The van der Waals surface area contributed by atoms with Gasteiger partial charge in [-0.2, -0.15) is 0 Å². The molecule has 0 aliphatic heterocycles. The molecule has 0 aliphatic rings. The predicted octanol–water partition coefficient (Wildman–Crippen LogP) is 2.88. The Bertz CT molecular complexity index is 1130. The van der Waals surface area contributed by atoms with Crippen LogP contribution in [0.5, 0.6) is 0 Å². The summed E-state index contributed by atoms with van der Waals surface area (Å²) >= 11 is 0. The van der Waals surface area contributed by atoms with Gasteiger partial charge < -0.3 is 9.88 Å². The van der Waals surface area contributed by atoms with E-state index in [1.807, 2.05) is 61.9 Å². The van der Waals surface area contributed by atoms with E-state index >= 15 is 0 Å². The average molecular weight is 427 g/mol. The van der Waals surface area contributed by atoms with Gasteiger partial charge in [-0.15, -0.1) is 0 Å². The van der Waals surface area contributed by atoms with Crippen LogP contribution in [-0.2, 0) is 21.4 Å². The van der Waals surface area contributed by atoms with Crippen molar-refractivity contribution in [2.75, 3.05) is 17.1 Å². The van der Waals surface area contributed by atoms with Crippen molar-refractivity contribution in [2.24, 2.45) is 0 Å². The van der Waals surface area contributed by atoms with Crippen molar-refractivity contribution >= 4 is 21.6 Å². The number of imidazole rings is 1. The number of sulfonamides is 1. The van der Waals surface area contributed by atoms with Gasteiger partial charge in [-0.05, 0) is 61.7 Å². The Morgan fingerprint density at radius 2 is 1.70 bits per heavy atom. The molecule has 1 N–H and O–H groups in total. The maximum absolute atomic E-state index is 12.5. The van der Waals surface area contributed by atoms with Gasteiger partial charge in [0.15, 0.2) is 0 Å². The normalized spacial score (nSPS) is 11.3. The van der Waals surface area contributed by atoms with Gasteiger partial charge >= 0.3 is 0 Å². The third-order valence-electron chi connectivity index (χ3n) is 4.71. The van der Waals surface area contributed by atoms with Crippen LogP contribution in [0.3, 0.4) is 0 Å². The van der Waals surface area contributed by atoms with Crippen molar-refractivity contribution in [3.8, 4) is 5.69 Å². The van der Waals surface area contributed by atoms with Crippen LogP contribution in [0, 0.1) is 20.8 Å². The summed E-state index contributed by atoms with van der Waals surface area (Å²) in [4.78, 5) is 16.7. The molecule has 2 aromatic carbocycles. The molecule has 0 unspecified atom stereocenters. The minimum Gasteiger partial charge on any atom is -0.350 e. The lowest BCUT2D eigenvalue weighted by Crippen LogP contribution is -2.40. The fourth-order valence-corrected chi connectivity index (χ4v) is 4.15. The van der Waals surface area contributed by atoms with Crippen molar-refractivity contribution in [2.45, 2.75) is 27.3 Å². The number of aromatic nitrogens is 2. The van der Waals surface area contributed by atoms with Crippen molar-refractivity contribution in [3.05, 3.63) is 77.4 Å². The molecule has 0 aliphatic carbocycles. The summed E-state index contributed by atoms with van der Waals surface area (Å²) in [6.45, 7) is 5.76. The number of amides is 1. The number of carbonyl (C=O) groups excluding carboxylic acids is 1. The molecule has 7 nitrogen and oxygen atoms in total. The molecule has 3 aromatic rings. The number of carbonyl (C=O) groups is 1. The monoisotopic (exact) mass is 426 g/mol. The molecule has 30 heavy (non-hydrogen) atoms. The SMILES string of the molecule is Cc1cc(C)cc(N(CC(=O)NCc2ccc(-n3ccnc3C)cc2)S(C)(=O)=O)c1. The zero-order valence-electron chi connectivity index (χ0n) is 17.6. The second kappa shape index (κ2) is 8.71. The lowest BCUT2D eigenvalue weighted by Gasteiger charge is -2.23. The highest BCUT2D eigenvalue weighted by Gasteiger charge is 2.21. The van der Waals surface area contributed by atoms with Crippen molar-refractivity contribution in [3.63, 3.8) is 0 Å².